The SMILES string of the molecule is CN(CCN(C)c1ccccc1)C(=O)CNCC1CC1. The van der Waals surface area contributed by atoms with Gasteiger partial charge in [0.05, 0.1) is 6.54 Å². The molecule has 110 valence electrons. The number of anilines is 1. The van der Waals surface area contributed by atoms with E-state index in [1.54, 1.807) is 4.90 Å². The molecule has 0 heterocycles. The van der Waals surface area contributed by atoms with Crippen molar-refractivity contribution in [2.24, 2.45) is 5.92 Å². The lowest BCUT2D eigenvalue weighted by Crippen LogP contribution is -2.40. The zero-order chi connectivity index (χ0) is 14.4. The third-order valence-electron chi connectivity index (χ3n) is 3.80. The molecule has 20 heavy (non-hydrogen) atoms. The van der Waals surface area contributed by atoms with Crippen molar-refractivity contribution in [3.05, 3.63) is 30.3 Å². The van der Waals surface area contributed by atoms with Gasteiger partial charge in [-0.3, -0.25) is 4.79 Å². The summed E-state index contributed by atoms with van der Waals surface area (Å²) in [7, 11) is 3.93. The highest BCUT2D eigenvalue weighted by atomic mass is 16.2. The van der Waals surface area contributed by atoms with Crippen LogP contribution >= 0.6 is 0 Å². The molecule has 0 unspecified atom stereocenters. The van der Waals surface area contributed by atoms with E-state index in [-0.39, 0.29) is 5.91 Å². The first-order valence-corrected chi connectivity index (χ1v) is 7.37. The molecule has 0 spiro atoms. The highest BCUT2D eigenvalue weighted by molar-refractivity contribution is 5.78. The zero-order valence-electron chi connectivity index (χ0n) is 12.5. The van der Waals surface area contributed by atoms with Crippen molar-refractivity contribution in [1.82, 2.24) is 10.2 Å². The van der Waals surface area contributed by atoms with Gasteiger partial charge < -0.3 is 15.1 Å². The van der Waals surface area contributed by atoms with Gasteiger partial charge in [-0.05, 0) is 37.4 Å². The number of hydrogen-bond donors (Lipinski definition) is 1. The second-order valence-corrected chi connectivity index (χ2v) is 5.65. The van der Waals surface area contributed by atoms with E-state index in [2.05, 4.69) is 29.4 Å². The third-order valence-corrected chi connectivity index (χ3v) is 3.80. The third kappa shape index (κ3) is 4.85. The van der Waals surface area contributed by atoms with Crippen LogP contribution in [0.3, 0.4) is 0 Å². The number of nitrogens with zero attached hydrogens (tertiary/aromatic N) is 2. The molecule has 1 aliphatic carbocycles. The fourth-order valence-electron chi connectivity index (χ4n) is 2.08. The van der Waals surface area contributed by atoms with Gasteiger partial charge in [0.15, 0.2) is 0 Å². The molecule has 4 nitrogen and oxygen atoms in total. The summed E-state index contributed by atoms with van der Waals surface area (Å²) in [4.78, 5) is 15.9. The van der Waals surface area contributed by atoms with Gasteiger partial charge in [-0.1, -0.05) is 18.2 Å². The zero-order valence-corrected chi connectivity index (χ0v) is 12.5. The summed E-state index contributed by atoms with van der Waals surface area (Å²) in [6, 6.07) is 10.2. The maximum Gasteiger partial charge on any atom is 0.236 e. The van der Waals surface area contributed by atoms with Crippen molar-refractivity contribution in [2.75, 3.05) is 45.2 Å². The summed E-state index contributed by atoms with van der Waals surface area (Å²) in [6.45, 7) is 3.04. The number of hydrogen-bond acceptors (Lipinski definition) is 3. The van der Waals surface area contributed by atoms with Crippen molar-refractivity contribution >= 4 is 11.6 Å². The molecule has 0 atom stereocenters. The Morgan fingerprint density at radius 1 is 1.20 bits per heavy atom. The van der Waals surface area contributed by atoms with E-state index in [0.29, 0.717) is 6.54 Å². The van der Waals surface area contributed by atoms with Crippen molar-refractivity contribution in [2.45, 2.75) is 12.8 Å². The number of rotatable bonds is 8. The Kier molecular flexibility index (Phi) is 5.41. The molecular formula is C16H25N3O. The quantitative estimate of drug-likeness (QED) is 0.782. The average molecular weight is 275 g/mol. The maximum atomic E-state index is 11.9. The second kappa shape index (κ2) is 7.29. The summed E-state index contributed by atoms with van der Waals surface area (Å²) in [5.74, 6) is 0.990. The van der Waals surface area contributed by atoms with Crippen molar-refractivity contribution in [3.63, 3.8) is 0 Å². The minimum Gasteiger partial charge on any atom is -0.373 e. The van der Waals surface area contributed by atoms with E-state index in [0.717, 1.165) is 25.6 Å². The number of carbonyl (C=O) groups is 1. The number of carbonyl (C=O) groups excluding carboxylic acids is 1. The summed E-state index contributed by atoms with van der Waals surface area (Å²) in [6.07, 6.45) is 2.64. The lowest BCUT2D eigenvalue weighted by atomic mass is 10.3. The Balaban J connectivity index is 1.65. The van der Waals surface area contributed by atoms with Crippen LogP contribution in [0.2, 0.25) is 0 Å². The summed E-state index contributed by atoms with van der Waals surface area (Å²) < 4.78 is 0. The van der Waals surface area contributed by atoms with Crippen LogP contribution in [-0.4, -0.2) is 51.1 Å². The van der Waals surface area contributed by atoms with Crippen LogP contribution < -0.4 is 10.2 Å². The molecule has 1 N–H and O–H groups in total. The Morgan fingerprint density at radius 2 is 1.90 bits per heavy atom. The molecule has 1 amide bonds. The van der Waals surface area contributed by atoms with E-state index in [9.17, 15) is 4.79 Å². The molecule has 0 bridgehead atoms. The van der Waals surface area contributed by atoms with Gasteiger partial charge in [0.1, 0.15) is 0 Å². The molecule has 1 fully saturated rings. The van der Waals surface area contributed by atoms with Crippen molar-refractivity contribution < 1.29 is 4.79 Å². The summed E-state index contributed by atoms with van der Waals surface area (Å²) >= 11 is 0. The highest BCUT2D eigenvalue weighted by Gasteiger charge is 2.21. The largest absolute Gasteiger partial charge is 0.373 e. The second-order valence-electron chi connectivity index (χ2n) is 5.65. The lowest BCUT2D eigenvalue weighted by Gasteiger charge is -2.24. The maximum absolute atomic E-state index is 11.9. The Bertz CT molecular complexity index is 417. The van der Waals surface area contributed by atoms with Crippen LogP contribution in [0.25, 0.3) is 0 Å². The van der Waals surface area contributed by atoms with Gasteiger partial charge in [0, 0.05) is 32.9 Å². The van der Waals surface area contributed by atoms with Gasteiger partial charge >= 0.3 is 0 Å². The van der Waals surface area contributed by atoms with Crippen molar-refractivity contribution in [1.29, 1.82) is 0 Å². The van der Waals surface area contributed by atoms with E-state index < -0.39 is 0 Å². The minimum absolute atomic E-state index is 0.173. The molecule has 4 heteroatoms. The Morgan fingerprint density at radius 3 is 2.55 bits per heavy atom. The van der Waals surface area contributed by atoms with Gasteiger partial charge in [0.2, 0.25) is 5.91 Å². The number of benzene rings is 1. The van der Waals surface area contributed by atoms with E-state index in [4.69, 9.17) is 0 Å². The molecular weight excluding hydrogens is 250 g/mol. The Labute approximate surface area is 121 Å². The first-order chi connectivity index (χ1) is 9.66. The fraction of sp³-hybridized carbons (Fsp3) is 0.562. The topological polar surface area (TPSA) is 35.6 Å². The normalized spacial score (nSPS) is 14.1. The van der Waals surface area contributed by atoms with Gasteiger partial charge in [-0.2, -0.15) is 0 Å². The molecule has 0 radical (unpaired) electrons. The molecule has 1 aromatic carbocycles. The van der Waals surface area contributed by atoms with E-state index in [1.807, 2.05) is 25.2 Å². The molecule has 1 aromatic rings. The average Bonchev–Trinajstić information content (AvgIpc) is 3.29. The molecule has 1 aliphatic rings. The standard InChI is InChI=1S/C16H25N3O/c1-18(15-6-4-3-5-7-15)10-11-19(2)16(20)13-17-12-14-8-9-14/h3-7,14,17H,8-13H2,1-2H3. The van der Waals surface area contributed by atoms with Gasteiger partial charge in [0.25, 0.3) is 0 Å². The predicted molar refractivity (Wildman–Crippen MR) is 82.9 cm³/mol. The highest BCUT2D eigenvalue weighted by Crippen LogP contribution is 2.27. The number of amides is 1. The monoisotopic (exact) mass is 275 g/mol. The number of likely N-dealkylation sites (N-methyl/N-ethyl adjacent to an activating group) is 2. The van der Waals surface area contributed by atoms with Crippen LogP contribution in [0.1, 0.15) is 12.8 Å². The first kappa shape index (κ1) is 14.9. The smallest absolute Gasteiger partial charge is 0.236 e. The van der Waals surface area contributed by atoms with Crippen LogP contribution in [0.5, 0.6) is 0 Å². The van der Waals surface area contributed by atoms with Crippen LogP contribution in [0, 0.1) is 5.92 Å². The van der Waals surface area contributed by atoms with Crippen LogP contribution in [0.4, 0.5) is 5.69 Å². The molecule has 0 aliphatic heterocycles. The van der Waals surface area contributed by atoms with Gasteiger partial charge in [-0.25, -0.2) is 0 Å². The lowest BCUT2D eigenvalue weighted by molar-refractivity contribution is -0.128. The van der Waals surface area contributed by atoms with Crippen LogP contribution in [0.15, 0.2) is 30.3 Å². The van der Waals surface area contributed by atoms with E-state index >= 15 is 0 Å². The fourth-order valence-corrected chi connectivity index (χ4v) is 2.08. The van der Waals surface area contributed by atoms with E-state index in [1.165, 1.54) is 18.5 Å². The number of nitrogens with one attached hydrogen (secondary N) is 1. The molecule has 1 saturated carbocycles. The molecule has 0 aromatic heterocycles. The summed E-state index contributed by atoms with van der Waals surface area (Å²) in [5.41, 5.74) is 1.18. The van der Waals surface area contributed by atoms with Gasteiger partial charge in [-0.15, -0.1) is 0 Å². The Hall–Kier alpha value is -1.55. The van der Waals surface area contributed by atoms with Crippen LogP contribution in [-0.2, 0) is 4.79 Å². The molecule has 2 rings (SSSR count). The predicted octanol–water partition coefficient (Wildman–Crippen LogP) is 1.58. The summed E-state index contributed by atoms with van der Waals surface area (Å²) in [5, 5.41) is 3.24. The van der Waals surface area contributed by atoms with Crippen molar-refractivity contribution in [3.8, 4) is 0 Å². The minimum atomic E-state index is 0.173. The number of para-hydroxylation sites is 1. The molecule has 0 saturated heterocycles. The first-order valence-electron chi connectivity index (χ1n) is 7.37.